The smallest absolute Gasteiger partial charge is 0.0543 e. The van der Waals surface area contributed by atoms with E-state index in [2.05, 4.69) is 113 Å². The average molecular weight is 384 g/mol. The minimum atomic E-state index is 1.08. The number of benzene rings is 5. The lowest BCUT2D eigenvalue weighted by Crippen LogP contribution is -1.95. The Balaban J connectivity index is 1.68. The van der Waals surface area contributed by atoms with E-state index in [4.69, 9.17) is 0 Å². The van der Waals surface area contributed by atoms with E-state index in [1.165, 1.54) is 38.2 Å². The van der Waals surface area contributed by atoms with Gasteiger partial charge >= 0.3 is 0 Å². The Morgan fingerprint density at radius 2 is 1.23 bits per heavy atom. The Kier molecular flexibility index (Phi) is 3.82. The topological polar surface area (TPSA) is 27.8 Å². The molecule has 5 aromatic carbocycles. The fraction of sp³-hybridized carbons (Fsp3) is 0. The van der Waals surface area contributed by atoms with E-state index >= 15 is 0 Å². The van der Waals surface area contributed by atoms with Gasteiger partial charge in [0, 0.05) is 38.4 Å². The third-order valence-corrected chi connectivity index (χ3v) is 5.79. The molecule has 0 spiro atoms. The van der Waals surface area contributed by atoms with E-state index in [-0.39, 0.29) is 0 Å². The summed E-state index contributed by atoms with van der Waals surface area (Å²) in [5, 5.41) is 8.67. The second kappa shape index (κ2) is 6.78. The van der Waals surface area contributed by atoms with E-state index in [0.29, 0.717) is 0 Å². The van der Waals surface area contributed by atoms with Crippen molar-refractivity contribution in [3.05, 3.63) is 109 Å². The molecule has 0 aliphatic heterocycles. The van der Waals surface area contributed by atoms with Crippen molar-refractivity contribution >= 4 is 44.0 Å². The van der Waals surface area contributed by atoms with Crippen molar-refractivity contribution in [3.63, 3.8) is 0 Å². The monoisotopic (exact) mass is 384 g/mol. The lowest BCUT2D eigenvalue weighted by Gasteiger charge is -2.16. The molecule has 0 saturated carbocycles. The van der Waals surface area contributed by atoms with Crippen LogP contribution in [0.25, 0.3) is 43.7 Å². The molecular formula is C28H20N2. The summed E-state index contributed by atoms with van der Waals surface area (Å²) >= 11 is 0. The number of anilines is 2. The number of aromatic nitrogens is 1. The minimum absolute atomic E-state index is 1.08. The maximum atomic E-state index is 3.71. The maximum Gasteiger partial charge on any atom is 0.0543 e. The minimum Gasteiger partial charge on any atom is -0.355 e. The Hall–Kier alpha value is -4.04. The zero-order valence-corrected chi connectivity index (χ0v) is 16.4. The highest BCUT2D eigenvalue weighted by molar-refractivity contribution is 6.17. The van der Waals surface area contributed by atoms with Crippen LogP contribution < -0.4 is 5.32 Å². The number of nitrogens with one attached hydrogen (secondary N) is 2. The first-order valence-electron chi connectivity index (χ1n) is 10.2. The number of H-pyrrole nitrogens is 1. The molecule has 30 heavy (non-hydrogen) atoms. The van der Waals surface area contributed by atoms with Crippen molar-refractivity contribution in [1.29, 1.82) is 0 Å². The number of aromatic amines is 1. The van der Waals surface area contributed by atoms with Crippen molar-refractivity contribution < 1.29 is 0 Å². The van der Waals surface area contributed by atoms with Gasteiger partial charge in [0.05, 0.1) is 5.69 Å². The van der Waals surface area contributed by atoms with Gasteiger partial charge < -0.3 is 10.3 Å². The molecule has 0 aliphatic rings. The highest BCUT2D eigenvalue weighted by Gasteiger charge is 2.15. The molecule has 2 nitrogen and oxygen atoms in total. The summed E-state index contributed by atoms with van der Waals surface area (Å²) in [7, 11) is 0. The number of fused-ring (bicyclic) bond motifs is 4. The molecule has 1 aromatic heterocycles. The summed E-state index contributed by atoms with van der Waals surface area (Å²) in [5.74, 6) is 0. The Morgan fingerprint density at radius 1 is 0.500 bits per heavy atom. The summed E-state index contributed by atoms with van der Waals surface area (Å²) in [4.78, 5) is 3.57. The molecule has 6 rings (SSSR count). The van der Waals surface area contributed by atoms with Crippen LogP contribution in [0.5, 0.6) is 0 Å². The van der Waals surface area contributed by atoms with E-state index in [0.717, 1.165) is 16.9 Å². The van der Waals surface area contributed by atoms with Gasteiger partial charge in [-0.1, -0.05) is 84.9 Å². The van der Waals surface area contributed by atoms with Crippen LogP contribution >= 0.6 is 0 Å². The molecule has 0 atom stereocenters. The summed E-state index contributed by atoms with van der Waals surface area (Å²) < 4.78 is 0. The van der Waals surface area contributed by atoms with Gasteiger partial charge in [-0.05, 0) is 35.2 Å². The van der Waals surface area contributed by atoms with Crippen LogP contribution in [-0.4, -0.2) is 4.98 Å². The van der Waals surface area contributed by atoms with Crippen molar-refractivity contribution in [3.8, 4) is 11.1 Å². The molecule has 6 aromatic rings. The van der Waals surface area contributed by atoms with E-state index in [1.807, 2.05) is 6.07 Å². The van der Waals surface area contributed by atoms with Crippen LogP contribution in [0.1, 0.15) is 0 Å². The zero-order valence-electron chi connectivity index (χ0n) is 16.4. The number of hydrogen-bond donors (Lipinski definition) is 2. The largest absolute Gasteiger partial charge is 0.355 e. The van der Waals surface area contributed by atoms with E-state index in [1.54, 1.807) is 0 Å². The normalized spacial score (nSPS) is 11.3. The van der Waals surface area contributed by atoms with Crippen LogP contribution in [0.15, 0.2) is 109 Å². The SMILES string of the molecule is c1ccc(Nc2c(-c3cccc4[nH]c5ccccc5c34)ccc3ccccc23)cc1. The molecule has 0 saturated heterocycles. The van der Waals surface area contributed by atoms with Gasteiger partial charge in [0.1, 0.15) is 0 Å². The molecule has 0 radical (unpaired) electrons. The first kappa shape index (κ1) is 16.9. The van der Waals surface area contributed by atoms with Crippen LogP contribution in [0, 0.1) is 0 Å². The van der Waals surface area contributed by atoms with Crippen LogP contribution in [0.4, 0.5) is 11.4 Å². The van der Waals surface area contributed by atoms with Gasteiger partial charge in [-0.15, -0.1) is 0 Å². The summed E-state index contributed by atoms with van der Waals surface area (Å²) in [6.07, 6.45) is 0. The molecular weight excluding hydrogens is 364 g/mol. The molecule has 0 bridgehead atoms. The van der Waals surface area contributed by atoms with Gasteiger partial charge in [0.15, 0.2) is 0 Å². The van der Waals surface area contributed by atoms with Crippen molar-refractivity contribution in [2.75, 3.05) is 5.32 Å². The molecule has 0 fully saturated rings. The zero-order chi connectivity index (χ0) is 19.9. The second-order valence-corrected chi connectivity index (χ2v) is 7.60. The third-order valence-electron chi connectivity index (χ3n) is 5.79. The lowest BCUT2D eigenvalue weighted by atomic mass is 9.94. The number of hydrogen-bond acceptors (Lipinski definition) is 1. The van der Waals surface area contributed by atoms with Crippen LogP contribution in [0.3, 0.4) is 0 Å². The Bertz CT molecular complexity index is 1510. The van der Waals surface area contributed by atoms with Gasteiger partial charge in [-0.2, -0.15) is 0 Å². The Morgan fingerprint density at radius 3 is 2.13 bits per heavy atom. The molecule has 0 aliphatic carbocycles. The standard InChI is InChI=1S/C28H20N2/c1-2-10-20(11-3-1)29-28-21-12-5-4-9-19(21)17-18-23(28)22-14-8-16-26-27(22)24-13-6-7-15-25(24)30-26/h1-18,29-30H. The second-order valence-electron chi connectivity index (χ2n) is 7.60. The predicted octanol–water partition coefficient (Wildman–Crippen LogP) is 7.88. The number of para-hydroxylation sites is 2. The highest BCUT2D eigenvalue weighted by atomic mass is 14.9. The summed E-state index contributed by atoms with van der Waals surface area (Å²) in [6, 6.07) is 38.4. The fourth-order valence-corrected chi connectivity index (χ4v) is 4.42. The third kappa shape index (κ3) is 2.66. The molecule has 1 heterocycles. The van der Waals surface area contributed by atoms with Crippen LogP contribution in [0.2, 0.25) is 0 Å². The van der Waals surface area contributed by atoms with Crippen molar-refractivity contribution in [2.24, 2.45) is 0 Å². The Labute approximate surface area is 174 Å². The summed E-state index contributed by atoms with van der Waals surface area (Å²) in [6.45, 7) is 0. The predicted molar refractivity (Wildman–Crippen MR) is 128 cm³/mol. The highest BCUT2D eigenvalue weighted by Crippen LogP contribution is 2.41. The van der Waals surface area contributed by atoms with Gasteiger partial charge in [-0.3, -0.25) is 0 Å². The summed E-state index contributed by atoms with van der Waals surface area (Å²) in [5.41, 5.74) is 6.98. The number of rotatable bonds is 3. The van der Waals surface area contributed by atoms with Crippen molar-refractivity contribution in [2.45, 2.75) is 0 Å². The lowest BCUT2D eigenvalue weighted by molar-refractivity contribution is 1.54. The molecule has 2 heteroatoms. The van der Waals surface area contributed by atoms with E-state index < -0.39 is 0 Å². The first-order chi connectivity index (χ1) is 14.9. The molecule has 142 valence electrons. The van der Waals surface area contributed by atoms with Crippen LogP contribution in [-0.2, 0) is 0 Å². The quantitative estimate of drug-likeness (QED) is 0.319. The molecule has 0 unspecified atom stereocenters. The van der Waals surface area contributed by atoms with Gasteiger partial charge in [0.25, 0.3) is 0 Å². The molecule has 2 N–H and O–H groups in total. The van der Waals surface area contributed by atoms with Crippen molar-refractivity contribution in [1.82, 2.24) is 4.98 Å². The molecule has 0 amide bonds. The first-order valence-corrected chi connectivity index (χ1v) is 10.2. The van der Waals surface area contributed by atoms with Gasteiger partial charge in [-0.25, -0.2) is 0 Å². The average Bonchev–Trinajstić information content (AvgIpc) is 3.19. The maximum absolute atomic E-state index is 3.71. The van der Waals surface area contributed by atoms with E-state index in [9.17, 15) is 0 Å². The van der Waals surface area contributed by atoms with Gasteiger partial charge in [0.2, 0.25) is 0 Å². The fourth-order valence-electron chi connectivity index (χ4n) is 4.42.